The van der Waals surface area contributed by atoms with Crippen molar-refractivity contribution in [3.05, 3.63) is 64.8 Å². The van der Waals surface area contributed by atoms with Gasteiger partial charge >= 0.3 is 12.1 Å². The fourth-order valence-corrected chi connectivity index (χ4v) is 3.49. The Balaban J connectivity index is 1.76. The van der Waals surface area contributed by atoms with Crippen molar-refractivity contribution in [3.8, 4) is 17.7 Å². The Kier molecular flexibility index (Phi) is 6.65. The smallest absolute Gasteiger partial charge is 0.426 e. The Hall–Kier alpha value is -3.19. The number of ether oxygens (including phenoxy) is 2. The van der Waals surface area contributed by atoms with Crippen molar-refractivity contribution in [1.82, 2.24) is 4.98 Å². The number of benzene rings is 1. The third-order valence-corrected chi connectivity index (χ3v) is 5.59. The van der Waals surface area contributed by atoms with E-state index in [-0.39, 0.29) is 11.6 Å². The van der Waals surface area contributed by atoms with Gasteiger partial charge in [-0.25, -0.2) is 13.8 Å². The quantitative estimate of drug-likeness (QED) is 0.358. The number of esters is 1. The van der Waals surface area contributed by atoms with Gasteiger partial charge in [-0.05, 0) is 29.5 Å². The summed E-state index contributed by atoms with van der Waals surface area (Å²) >= 11 is 5.28. The molecule has 3 unspecified atom stereocenters. The molecule has 5 nitrogen and oxygen atoms in total. The van der Waals surface area contributed by atoms with Crippen LogP contribution in [0.25, 0.3) is 0 Å². The second-order valence-corrected chi connectivity index (χ2v) is 8.24. The van der Waals surface area contributed by atoms with E-state index in [9.17, 15) is 32.0 Å². The minimum atomic E-state index is -4.74. The van der Waals surface area contributed by atoms with Crippen LogP contribution in [0.1, 0.15) is 25.6 Å². The van der Waals surface area contributed by atoms with Crippen LogP contribution in [-0.4, -0.2) is 17.1 Å². The van der Waals surface area contributed by atoms with Gasteiger partial charge in [-0.2, -0.15) is 18.4 Å². The fourth-order valence-electron chi connectivity index (χ4n) is 3.35. The summed E-state index contributed by atoms with van der Waals surface area (Å²) in [4.78, 5) is 16.5. The van der Waals surface area contributed by atoms with Crippen LogP contribution in [0, 0.1) is 40.2 Å². The number of halogens is 6. The van der Waals surface area contributed by atoms with Crippen LogP contribution in [0.2, 0.25) is 0 Å². The van der Waals surface area contributed by atoms with Gasteiger partial charge in [0.25, 0.3) is 0 Å². The van der Waals surface area contributed by atoms with E-state index < -0.39 is 57.9 Å². The Morgan fingerprint density at radius 2 is 1.82 bits per heavy atom. The highest BCUT2D eigenvalue weighted by Crippen LogP contribution is 2.60. The Morgan fingerprint density at radius 3 is 2.39 bits per heavy atom. The van der Waals surface area contributed by atoms with Crippen molar-refractivity contribution in [3.63, 3.8) is 0 Å². The van der Waals surface area contributed by atoms with E-state index >= 15 is 0 Å². The lowest BCUT2D eigenvalue weighted by Gasteiger charge is -2.13. The first-order chi connectivity index (χ1) is 15.4. The topological polar surface area (TPSA) is 72.2 Å². The number of nitriles is 1. The number of carbonyl (C=O) groups is 1. The zero-order valence-corrected chi connectivity index (χ0v) is 17.9. The van der Waals surface area contributed by atoms with Gasteiger partial charge in [0, 0.05) is 6.07 Å². The second kappa shape index (κ2) is 8.98. The molecule has 1 heterocycles. The molecule has 0 N–H and O–H groups in total. The summed E-state index contributed by atoms with van der Waals surface area (Å²) < 4.78 is 76.1. The van der Waals surface area contributed by atoms with Gasteiger partial charge < -0.3 is 9.47 Å². The highest BCUT2D eigenvalue weighted by molar-refractivity contribution is 6.30. The van der Waals surface area contributed by atoms with Gasteiger partial charge in [0.2, 0.25) is 17.7 Å². The van der Waals surface area contributed by atoms with Gasteiger partial charge in [0.15, 0.2) is 11.6 Å². The third kappa shape index (κ3) is 5.25. The van der Waals surface area contributed by atoms with Crippen molar-refractivity contribution in [2.24, 2.45) is 17.3 Å². The zero-order chi connectivity index (χ0) is 24.6. The van der Waals surface area contributed by atoms with E-state index in [2.05, 4.69) is 4.98 Å². The number of pyridine rings is 1. The van der Waals surface area contributed by atoms with E-state index in [0.29, 0.717) is 0 Å². The standard InChI is InChI=1S/C22H16ClF5N2O3/c1-21(2)11(9-16(23)22(26,27)28)18(21)20(31)32-15(10-29)14-7-4-8-17(30-14)33-19-12(24)5-3-6-13(19)25/h3-9,11,15,18H,1-2H3. The summed E-state index contributed by atoms with van der Waals surface area (Å²) in [5, 5.41) is 8.09. The number of hydrogen-bond donors (Lipinski definition) is 0. The van der Waals surface area contributed by atoms with Crippen LogP contribution in [0.5, 0.6) is 11.6 Å². The average Bonchev–Trinajstić information content (AvgIpc) is 3.28. The summed E-state index contributed by atoms with van der Waals surface area (Å²) in [5.74, 6) is -5.63. The molecule has 3 atom stereocenters. The van der Waals surface area contributed by atoms with Crippen LogP contribution < -0.4 is 4.74 Å². The van der Waals surface area contributed by atoms with Gasteiger partial charge in [-0.1, -0.05) is 43.7 Å². The number of allylic oxidation sites excluding steroid dienone is 2. The molecule has 174 valence electrons. The van der Waals surface area contributed by atoms with Crippen LogP contribution in [0.4, 0.5) is 22.0 Å². The average molecular weight is 487 g/mol. The van der Waals surface area contributed by atoms with Crippen molar-refractivity contribution < 1.29 is 36.2 Å². The molecule has 0 spiro atoms. The second-order valence-electron chi connectivity index (χ2n) is 7.84. The van der Waals surface area contributed by atoms with Gasteiger partial charge in [-0.15, -0.1) is 0 Å². The summed E-state index contributed by atoms with van der Waals surface area (Å²) in [6.45, 7) is 3.13. The molecule has 1 aliphatic rings. The van der Waals surface area contributed by atoms with E-state index in [4.69, 9.17) is 21.1 Å². The Labute approximate surface area is 190 Å². The first kappa shape index (κ1) is 24.5. The van der Waals surface area contributed by atoms with E-state index in [1.807, 2.05) is 0 Å². The molecule has 0 bridgehead atoms. The lowest BCUT2D eigenvalue weighted by atomic mass is 10.1. The summed E-state index contributed by atoms with van der Waals surface area (Å²) in [6.07, 6.45) is -5.53. The maximum absolute atomic E-state index is 13.8. The molecule has 1 aromatic heterocycles. The number of rotatable bonds is 6. The maximum atomic E-state index is 13.8. The highest BCUT2D eigenvalue weighted by atomic mass is 35.5. The van der Waals surface area contributed by atoms with Crippen molar-refractivity contribution in [2.75, 3.05) is 0 Å². The summed E-state index contributed by atoms with van der Waals surface area (Å²) in [7, 11) is 0. The molecule has 3 rings (SSSR count). The lowest BCUT2D eigenvalue weighted by molar-refractivity contribution is -0.149. The predicted octanol–water partition coefficient (Wildman–Crippen LogP) is 6.22. The Morgan fingerprint density at radius 1 is 1.21 bits per heavy atom. The summed E-state index contributed by atoms with van der Waals surface area (Å²) in [5.41, 5.74) is -0.970. The number of carbonyl (C=O) groups excluding carboxylic acids is 1. The van der Waals surface area contributed by atoms with Crippen molar-refractivity contribution in [1.29, 1.82) is 5.26 Å². The number of nitrogens with zero attached hydrogens (tertiary/aromatic N) is 2. The number of aromatic nitrogens is 1. The van der Waals surface area contributed by atoms with E-state index in [1.54, 1.807) is 19.9 Å². The van der Waals surface area contributed by atoms with Crippen molar-refractivity contribution in [2.45, 2.75) is 26.1 Å². The first-order valence-corrected chi connectivity index (χ1v) is 9.87. The number of alkyl halides is 3. The fraction of sp³-hybridized carbons (Fsp3) is 0.318. The Bertz CT molecular complexity index is 1120. The minimum Gasteiger partial charge on any atom is -0.440 e. The molecule has 0 saturated heterocycles. The molecule has 11 heteroatoms. The van der Waals surface area contributed by atoms with Gasteiger partial charge in [-0.3, -0.25) is 4.79 Å². The van der Waals surface area contributed by atoms with Crippen molar-refractivity contribution >= 4 is 17.6 Å². The minimum absolute atomic E-state index is 0.0982. The van der Waals surface area contributed by atoms with Gasteiger partial charge in [0.05, 0.1) is 11.6 Å². The molecule has 0 radical (unpaired) electrons. The molecular formula is C22H16ClF5N2O3. The SMILES string of the molecule is CC1(C)C(C=C(Cl)C(F)(F)F)C1C(=O)OC(C#N)c1cccc(Oc2c(F)cccc2F)n1. The van der Waals surface area contributed by atoms with E-state index in [0.717, 1.165) is 24.3 Å². The molecule has 1 saturated carbocycles. The maximum Gasteiger partial charge on any atom is 0.426 e. The number of hydrogen-bond acceptors (Lipinski definition) is 5. The molecule has 2 aromatic rings. The van der Waals surface area contributed by atoms with Crippen LogP contribution >= 0.6 is 11.6 Å². The monoisotopic (exact) mass is 486 g/mol. The molecule has 1 aromatic carbocycles. The van der Waals surface area contributed by atoms with Crippen LogP contribution in [0.15, 0.2) is 47.5 Å². The first-order valence-electron chi connectivity index (χ1n) is 9.49. The normalized spacial score (nSPS) is 20.5. The van der Waals surface area contributed by atoms with Crippen LogP contribution in [0.3, 0.4) is 0 Å². The molecule has 0 amide bonds. The molecule has 0 aliphatic heterocycles. The lowest BCUT2D eigenvalue weighted by Crippen LogP contribution is -2.15. The molecule has 1 aliphatic carbocycles. The third-order valence-electron chi connectivity index (χ3n) is 5.25. The molecule has 33 heavy (non-hydrogen) atoms. The largest absolute Gasteiger partial charge is 0.440 e. The van der Waals surface area contributed by atoms with E-state index in [1.165, 1.54) is 18.2 Å². The molecule has 1 fully saturated rings. The zero-order valence-electron chi connectivity index (χ0n) is 17.2. The predicted molar refractivity (Wildman–Crippen MR) is 106 cm³/mol. The van der Waals surface area contributed by atoms with Gasteiger partial charge in [0.1, 0.15) is 11.1 Å². The summed E-state index contributed by atoms with van der Waals surface area (Å²) in [6, 6.07) is 8.79. The highest BCUT2D eigenvalue weighted by Gasteiger charge is 2.62. The van der Waals surface area contributed by atoms with Crippen LogP contribution in [-0.2, 0) is 9.53 Å². The number of para-hydroxylation sites is 1. The molecular weight excluding hydrogens is 471 g/mol.